The van der Waals surface area contributed by atoms with Gasteiger partial charge in [0.15, 0.2) is 0 Å². The smallest absolute Gasteiger partial charge is 0.397 e. The van der Waals surface area contributed by atoms with Crippen molar-refractivity contribution in [2.24, 2.45) is 29.6 Å². The van der Waals surface area contributed by atoms with Crippen molar-refractivity contribution in [1.29, 1.82) is 0 Å². The van der Waals surface area contributed by atoms with Crippen LogP contribution in [-0.4, -0.2) is 6.11 Å². The van der Waals surface area contributed by atoms with Gasteiger partial charge in [-0.1, -0.05) is 52.0 Å². The molecule has 0 bridgehead atoms. The highest BCUT2D eigenvalue weighted by Gasteiger charge is 2.35. The van der Waals surface area contributed by atoms with Gasteiger partial charge >= 0.3 is 6.11 Å². The van der Waals surface area contributed by atoms with Crippen LogP contribution in [-0.2, 0) is 0 Å². The molecule has 3 aliphatic carbocycles. The van der Waals surface area contributed by atoms with Crippen LogP contribution in [0.2, 0.25) is 0 Å². The van der Waals surface area contributed by atoms with E-state index >= 15 is 0 Å². The summed E-state index contributed by atoms with van der Waals surface area (Å²) in [5.74, 6) is 3.40. The fraction of sp³-hybridized carbons (Fsp3) is 0.800. The molecular weight excluding hydrogens is 433 g/mol. The lowest BCUT2D eigenvalue weighted by atomic mass is 9.69. The van der Waals surface area contributed by atoms with Crippen LogP contribution < -0.4 is 4.74 Å². The molecule has 0 aliphatic heterocycles. The molecule has 0 N–H and O–H groups in total. The predicted molar refractivity (Wildman–Crippen MR) is 133 cm³/mol. The van der Waals surface area contributed by atoms with Gasteiger partial charge in [-0.25, -0.2) is 4.39 Å². The average molecular weight is 479 g/mol. The zero-order chi connectivity index (χ0) is 24.1. The van der Waals surface area contributed by atoms with Crippen LogP contribution in [0.5, 0.6) is 5.75 Å². The van der Waals surface area contributed by atoms with E-state index in [1.54, 1.807) is 6.07 Å². The molecule has 0 radical (unpaired) electrons. The zero-order valence-electron chi connectivity index (χ0n) is 21.3. The van der Waals surface area contributed by atoms with E-state index in [4.69, 9.17) is 4.74 Å². The van der Waals surface area contributed by atoms with E-state index in [0.717, 1.165) is 62.2 Å². The molecule has 0 amide bonds. The first-order chi connectivity index (χ1) is 16.3. The number of ether oxygens (including phenoxy) is 1. The van der Waals surface area contributed by atoms with Gasteiger partial charge in [0.25, 0.3) is 0 Å². The Labute approximate surface area is 205 Å². The van der Waals surface area contributed by atoms with Crippen molar-refractivity contribution in [3.63, 3.8) is 0 Å². The van der Waals surface area contributed by atoms with Crippen LogP contribution in [0, 0.1) is 35.4 Å². The van der Waals surface area contributed by atoms with Gasteiger partial charge in [-0.05, 0) is 105 Å². The summed E-state index contributed by atoms with van der Waals surface area (Å²) in [5, 5.41) is 0. The number of benzene rings is 1. The SMILES string of the molecule is CCC1CCC(c2ccc(OC(F)(F)CCC3CCC(C4CCC(C)CC4)CC3)cc2F)CC1. The Morgan fingerprint density at radius 3 is 2.00 bits per heavy atom. The van der Waals surface area contributed by atoms with Crippen molar-refractivity contribution in [2.45, 2.75) is 122 Å². The first-order valence-corrected chi connectivity index (χ1v) is 14.2. The maximum Gasteiger partial charge on any atom is 0.397 e. The third-order valence-electron chi connectivity index (χ3n) is 9.57. The van der Waals surface area contributed by atoms with Gasteiger partial charge < -0.3 is 4.74 Å². The Kier molecular flexibility index (Phi) is 8.91. The zero-order valence-corrected chi connectivity index (χ0v) is 21.3. The summed E-state index contributed by atoms with van der Waals surface area (Å²) in [7, 11) is 0. The molecule has 0 saturated heterocycles. The molecule has 0 spiro atoms. The predicted octanol–water partition coefficient (Wildman–Crippen LogP) is 9.89. The van der Waals surface area contributed by atoms with E-state index in [2.05, 4.69) is 13.8 Å². The minimum Gasteiger partial charge on any atom is -0.432 e. The third-order valence-corrected chi connectivity index (χ3v) is 9.57. The second-order valence-corrected chi connectivity index (χ2v) is 11.9. The molecular formula is C30H45F3O. The highest BCUT2D eigenvalue weighted by Crippen LogP contribution is 2.43. The highest BCUT2D eigenvalue weighted by atomic mass is 19.3. The van der Waals surface area contributed by atoms with Crippen LogP contribution >= 0.6 is 0 Å². The fourth-order valence-electron chi connectivity index (χ4n) is 7.09. The van der Waals surface area contributed by atoms with Crippen molar-refractivity contribution in [3.05, 3.63) is 29.6 Å². The maximum atomic E-state index is 14.8. The third kappa shape index (κ3) is 6.94. The molecule has 0 heterocycles. The summed E-state index contributed by atoms with van der Waals surface area (Å²) in [6, 6.07) is 4.38. The largest absolute Gasteiger partial charge is 0.432 e. The van der Waals surface area contributed by atoms with Gasteiger partial charge in [0, 0.05) is 6.07 Å². The Balaban J connectivity index is 1.22. The topological polar surface area (TPSA) is 9.23 Å². The quantitative estimate of drug-likeness (QED) is 0.361. The number of alkyl halides is 2. The average Bonchev–Trinajstić information content (AvgIpc) is 2.84. The molecule has 0 unspecified atom stereocenters. The van der Waals surface area contributed by atoms with E-state index in [1.165, 1.54) is 57.1 Å². The number of hydrogen-bond donors (Lipinski definition) is 0. The van der Waals surface area contributed by atoms with Crippen molar-refractivity contribution < 1.29 is 17.9 Å². The van der Waals surface area contributed by atoms with Crippen LogP contribution in [0.25, 0.3) is 0 Å². The van der Waals surface area contributed by atoms with Gasteiger partial charge in [0.2, 0.25) is 0 Å². The van der Waals surface area contributed by atoms with E-state index in [0.29, 0.717) is 17.9 Å². The molecule has 34 heavy (non-hydrogen) atoms. The van der Waals surface area contributed by atoms with E-state index in [9.17, 15) is 13.2 Å². The van der Waals surface area contributed by atoms with Gasteiger partial charge in [-0.15, -0.1) is 0 Å². The van der Waals surface area contributed by atoms with Gasteiger partial charge in [-0.3, -0.25) is 0 Å². The van der Waals surface area contributed by atoms with Crippen LogP contribution in [0.15, 0.2) is 18.2 Å². The Hall–Kier alpha value is -1.19. The minimum atomic E-state index is -3.25. The Morgan fingerprint density at radius 2 is 1.41 bits per heavy atom. The fourth-order valence-corrected chi connectivity index (χ4v) is 7.09. The van der Waals surface area contributed by atoms with Gasteiger partial charge in [0.1, 0.15) is 11.6 Å². The molecule has 1 aromatic carbocycles. The first-order valence-electron chi connectivity index (χ1n) is 14.2. The summed E-state index contributed by atoms with van der Waals surface area (Å²) < 4.78 is 48.9. The van der Waals surface area contributed by atoms with E-state index in [-0.39, 0.29) is 18.1 Å². The summed E-state index contributed by atoms with van der Waals surface area (Å²) in [4.78, 5) is 0. The molecule has 3 fully saturated rings. The van der Waals surface area contributed by atoms with E-state index < -0.39 is 11.9 Å². The lowest BCUT2D eigenvalue weighted by Gasteiger charge is -2.37. The molecule has 1 nitrogen and oxygen atoms in total. The van der Waals surface area contributed by atoms with E-state index in [1.807, 2.05) is 0 Å². The van der Waals surface area contributed by atoms with Gasteiger partial charge in [0.05, 0.1) is 6.42 Å². The second kappa shape index (κ2) is 11.7. The maximum absolute atomic E-state index is 14.8. The molecule has 3 aliphatic rings. The standard InChI is InChI=1S/C30H45F3O/c1-3-22-6-14-26(15-7-22)28-17-16-27(20-29(28)31)34-30(32,33)19-18-23-8-12-25(13-9-23)24-10-4-21(2)5-11-24/h16-17,20-26H,3-15,18-19H2,1-2H3. The lowest BCUT2D eigenvalue weighted by molar-refractivity contribution is -0.183. The van der Waals surface area contributed by atoms with Crippen LogP contribution in [0.3, 0.4) is 0 Å². The minimum absolute atomic E-state index is 0.0521. The summed E-state index contributed by atoms with van der Waals surface area (Å²) in [5.41, 5.74) is 0.661. The molecule has 4 rings (SSSR count). The van der Waals surface area contributed by atoms with Crippen LogP contribution in [0.4, 0.5) is 13.2 Å². The van der Waals surface area contributed by atoms with Crippen LogP contribution in [0.1, 0.15) is 122 Å². The monoisotopic (exact) mass is 478 g/mol. The van der Waals surface area contributed by atoms with Crippen molar-refractivity contribution in [1.82, 2.24) is 0 Å². The highest BCUT2D eigenvalue weighted by molar-refractivity contribution is 5.31. The molecule has 192 valence electrons. The normalized spacial score (nSPS) is 33.0. The summed E-state index contributed by atoms with van der Waals surface area (Å²) >= 11 is 0. The van der Waals surface area contributed by atoms with Gasteiger partial charge in [-0.2, -0.15) is 8.78 Å². The number of hydrogen-bond acceptors (Lipinski definition) is 1. The van der Waals surface area contributed by atoms with Crippen molar-refractivity contribution in [2.75, 3.05) is 0 Å². The molecule has 3 saturated carbocycles. The first kappa shape index (κ1) is 25.9. The van der Waals surface area contributed by atoms with Crippen molar-refractivity contribution >= 4 is 0 Å². The Morgan fingerprint density at radius 1 is 0.824 bits per heavy atom. The second-order valence-electron chi connectivity index (χ2n) is 11.9. The molecule has 0 atom stereocenters. The summed E-state index contributed by atoms with van der Waals surface area (Å²) in [6.07, 6.45) is 12.3. The summed E-state index contributed by atoms with van der Waals surface area (Å²) in [6.45, 7) is 4.57. The van der Waals surface area contributed by atoms with Crippen molar-refractivity contribution in [3.8, 4) is 5.75 Å². The molecule has 1 aromatic rings. The number of rotatable bonds is 8. The Bertz CT molecular complexity index is 754. The molecule has 4 heteroatoms. The number of halogens is 3. The molecule has 0 aromatic heterocycles. The lowest BCUT2D eigenvalue weighted by Crippen LogP contribution is -2.28.